The highest BCUT2D eigenvalue weighted by atomic mass is 32.1. The van der Waals surface area contributed by atoms with Crippen molar-refractivity contribution in [2.75, 3.05) is 0 Å². The Morgan fingerprint density at radius 2 is 2.31 bits per heavy atom. The van der Waals surface area contributed by atoms with Gasteiger partial charge in [0.25, 0.3) is 0 Å². The summed E-state index contributed by atoms with van der Waals surface area (Å²) in [4.78, 5) is 15.6. The molecule has 3 nitrogen and oxygen atoms in total. The number of hydrogen-bond donors (Lipinski definition) is 0. The van der Waals surface area contributed by atoms with Crippen LogP contribution in [0, 0.1) is 0 Å². The van der Waals surface area contributed by atoms with E-state index in [9.17, 15) is 4.79 Å². The van der Waals surface area contributed by atoms with Crippen molar-refractivity contribution in [1.29, 1.82) is 0 Å². The van der Waals surface area contributed by atoms with Crippen molar-refractivity contribution in [3.63, 3.8) is 0 Å². The van der Waals surface area contributed by atoms with Gasteiger partial charge >= 0.3 is 5.97 Å². The predicted octanol–water partition coefficient (Wildman–Crippen LogP) is 3.66. The molecule has 1 aromatic rings. The van der Waals surface area contributed by atoms with Crippen LogP contribution in [0.2, 0.25) is 0 Å². The highest BCUT2D eigenvalue weighted by Crippen LogP contribution is 2.13. The zero-order valence-corrected chi connectivity index (χ0v) is 10.8. The third-order valence-corrected chi connectivity index (χ3v) is 3.22. The lowest BCUT2D eigenvalue weighted by Crippen LogP contribution is -2.17. The Bertz CT molecular complexity index is 298. The fraction of sp³-hybridized carbons (Fsp3) is 0.667. The number of carbonyl (C=O) groups excluding carboxylic acids is 1. The molecule has 4 heteroatoms. The van der Waals surface area contributed by atoms with Gasteiger partial charge in [0.05, 0.1) is 0 Å². The number of nitrogens with zero attached hydrogens (tertiary/aromatic N) is 1. The normalized spacial score (nSPS) is 12.4. The molecule has 0 aliphatic rings. The van der Waals surface area contributed by atoms with Crippen molar-refractivity contribution in [1.82, 2.24) is 4.98 Å². The first-order chi connectivity index (χ1) is 7.77. The van der Waals surface area contributed by atoms with Gasteiger partial charge in [0.15, 0.2) is 0 Å². The first kappa shape index (κ1) is 13.2. The van der Waals surface area contributed by atoms with Crippen LogP contribution < -0.4 is 0 Å². The standard InChI is InChI=1S/C12H19NO2S/c1-3-5-6-7-10(4-2)15-12(14)11-13-8-9-16-11/h8-10H,3-7H2,1-2H3. The molecule has 0 amide bonds. The number of ether oxygens (including phenoxy) is 1. The van der Waals surface area contributed by atoms with E-state index in [0.717, 1.165) is 19.3 Å². The monoisotopic (exact) mass is 241 g/mol. The van der Waals surface area contributed by atoms with Gasteiger partial charge in [-0.25, -0.2) is 9.78 Å². The Hall–Kier alpha value is -0.900. The molecule has 16 heavy (non-hydrogen) atoms. The van der Waals surface area contributed by atoms with Crippen molar-refractivity contribution in [2.45, 2.75) is 52.1 Å². The number of rotatable bonds is 7. The van der Waals surface area contributed by atoms with E-state index in [1.807, 2.05) is 6.92 Å². The largest absolute Gasteiger partial charge is 0.457 e. The number of thiazole rings is 1. The summed E-state index contributed by atoms with van der Waals surface area (Å²) in [7, 11) is 0. The van der Waals surface area contributed by atoms with E-state index < -0.39 is 0 Å². The van der Waals surface area contributed by atoms with E-state index in [1.165, 1.54) is 24.2 Å². The van der Waals surface area contributed by atoms with Gasteiger partial charge in [-0.1, -0.05) is 26.7 Å². The summed E-state index contributed by atoms with van der Waals surface area (Å²) >= 11 is 1.33. The second kappa shape index (κ2) is 7.39. The zero-order chi connectivity index (χ0) is 11.8. The molecule has 90 valence electrons. The fourth-order valence-corrected chi connectivity index (χ4v) is 2.01. The van der Waals surface area contributed by atoms with Crippen LogP contribution in [-0.2, 0) is 4.74 Å². The maximum absolute atomic E-state index is 11.6. The number of hydrogen-bond acceptors (Lipinski definition) is 4. The van der Waals surface area contributed by atoms with Crippen molar-refractivity contribution in [3.05, 3.63) is 16.6 Å². The quantitative estimate of drug-likeness (QED) is 0.540. The van der Waals surface area contributed by atoms with E-state index in [1.54, 1.807) is 11.6 Å². The molecule has 0 N–H and O–H groups in total. The number of carbonyl (C=O) groups is 1. The molecule has 0 aromatic carbocycles. The molecule has 1 unspecified atom stereocenters. The molecular formula is C12H19NO2S. The molecule has 0 saturated heterocycles. The summed E-state index contributed by atoms with van der Waals surface area (Å²) in [6.07, 6.45) is 7.02. The summed E-state index contributed by atoms with van der Waals surface area (Å²) < 4.78 is 5.40. The first-order valence-electron chi connectivity index (χ1n) is 5.88. The van der Waals surface area contributed by atoms with Crippen LogP contribution in [0.1, 0.15) is 55.8 Å². The second-order valence-corrected chi connectivity index (χ2v) is 4.66. The van der Waals surface area contributed by atoms with Crippen molar-refractivity contribution < 1.29 is 9.53 Å². The first-order valence-corrected chi connectivity index (χ1v) is 6.76. The average Bonchev–Trinajstić information content (AvgIpc) is 2.81. The molecule has 0 saturated carbocycles. The summed E-state index contributed by atoms with van der Waals surface area (Å²) in [5.41, 5.74) is 0. The summed E-state index contributed by atoms with van der Waals surface area (Å²) in [5.74, 6) is -0.279. The van der Waals surface area contributed by atoms with Crippen LogP contribution in [0.5, 0.6) is 0 Å². The maximum Gasteiger partial charge on any atom is 0.367 e. The minimum Gasteiger partial charge on any atom is -0.457 e. The smallest absolute Gasteiger partial charge is 0.367 e. The summed E-state index contributed by atoms with van der Waals surface area (Å²) in [6.45, 7) is 4.22. The molecule has 0 spiro atoms. The van der Waals surface area contributed by atoms with Gasteiger partial charge in [0.2, 0.25) is 5.01 Å². The minimum atomic E-state index is -0.279. The Balaban J connectivity index is 2.35. The highest BCUT2D eigenvalue weighted by Gasteiger charge is 2.15. The third-order valence-electron chi connectivity index (χ3n) is 2.47. The van der Waals surface area contributed by atoms with Crippen LogP contribution in [0.15, 0.2) is 11.6 Å². The van der Waals surface area contributed by atoms with E-state index >= 15 is 0 Å². The zero-order valence-electron chi connectivity index (χ0n) is 9.94. The van der Waals surface area contributed by atoms with Gasteiger partial charge in [-0.05, 0) is 19.3 Å². The van der Waals surface area contributed by atoms with Gasteiger partial charge in [-0.15, -0.1) is 11.3 Å². The highest BCUT2D eigenvalue weighted by molar-refractivity contribution is 7.11. The molecule has 1 heterocycles. The number of aromatic nitrogens is 1. The van der Waals surface area contributed by atoms with E-state index in [2.05, 4.69) is 11.9 Å². The molecule has 1 rings (SSSR count). The fourth-order valence-electron chi connectivity index (χ4n) is 1.49. The van der Waals surface area contributed by atoms with Gasteiger partial charge in [-0.2, -0.15) is 0 Å². The molecule has 0 aliphatic carbocycles. The summed E-state index contributed by atoms with van der Waals surface area (Å²) in [6, 6.07) is 0. The lowest BCUT2D eigenvalue weighted by atomic mass is 10.1. The SMILES string of the molecule is CCCCCC(CC)OC(=O)c1nccs1. The van der Waals surface area contributed by atoms with Crippen LogP contribution in [-0.4, -0.2) is 17.1 Å². The van der Waals surface area contributed by atoms with Crippen molar-refractivity contribution in [2.24, 2.45) is 0 Å². The predicted molar refractivity (Wildman–Crippen MR) is 65.8 cm³/mol. The lowest BCUT2D eigenvalue weighted by molar-refractivity contribution is 0.0267. The van der Waals surface area contributed by atoms with E-state index in [0.29, 0.717) is 5.01 Å². The van der Waals surface area contributed by atoms with Gasteiger partial charge in [0, 0.05) is 11.6 Å². The molecule has 0 bridgehead atoms. The molecule has 1 aromatic heterocycles. The third kappa shape index (κ3) is 4.31. The Morgan fingerprint density at radius 3 is 2.88 bits per heavy atom. The van der Waals surface area contributed by atoms with Crippen LogP contribution in [0.3, 0.4) is 0 Å². The maximum atomic E-state index is 11.6. The van der Waals surface area contributed by atoms with Gasteiger partial charge in [-0.3, -0.25) is 0 Å². The number of unbranched alkanes of at least 4 members (excludes halogenated alkanes) is 2. The van der Waals surface area contributed by atoms with Crippen molar-refractivity contribution >= 4 is 17.3 Å². The van der Waals surface area contributed by atoms with E-state index in [-0.39, 0.29) is 12.1 Å². The Kier molecular flexibility index (Phi) is 6.08. The molecule has 1 atom stereocenters. The molecule has 0 radical (unpaired) electrons. The summed E-state index contributed by atoms with van der Waals surface area (Å²) in [5, 5.41) is 2.24. The molecule has 0 fully saturated rings. The topological polar surface area (TPSA) is 39.2 Å². The number of esters is 1. The van der Waals surface area contributed by atoms with Gasteiger partial charge < -0.3 is 4.74 Å². The van der Waals surface area contributed by atoms with Crippen LogP contribution in [0.25, 0.3) is 0 Å². The Morgan fingerprint density at radius 1 is 1.50 bits per heavy atom. The van der Waals surface area contributed by atoms with Crippen LogP contribution in [0.4, 0.5) is 0 Å². The van der Waals surface area contributed by atoms with Gasteiger partial charge in [0.1, 0.15) is 6.10 Å². The lowest BCUT2D eigenvalue weighted by Gasteiger charge is -2.14. The molecule has 0 aliphatic heterocycles. The van der Waals surface area contributed by atoms with Crippen LogP contribution >= 0.6 is 11.3 Å². The Labute approximate surface area is 101 Å². The van der Waals surface area contributed by atoms with E-state index in [4.69, 9.17) is 4.74 Å². The average molecular weight is 241 g/mol. The minimum absolute atomic E-state index is 0.0444. The second-order valence-electron chi connectivity index (χ2n) is 3.77. The molecular weight excluding hydrogens is 222 g/mol. The van der Waals surface area contributed by atoms with Crippen molar-refractivity contribution in [3.8, 4) is 0 Å².